The minimum atomic E-state index is 0.793. The lowest BCUT2D eigenvalue weighted by molar-refractivity contribution is 0.580. The Labute approximate surface area is 116 Å². The molecule has 0 aliphatic heterocycles. The van der Waals surface area contributed by atoms with Gasteiger partial charge in [-0.1, -0.05) is 29.5 Å². The summed E-state index contributed by atoms with van der Waals surface area (Å²) in [5, 5.41) is 0.954. The van der Waals surface area contributed by atoms with Crippen molar-refractivity contribution in [3.05, 3.63) is 54.4 Å². The van der Waals surface area contributed by atoms with Crippen molar-refractivity contribution < 1.29 is 4.42 Å². The summed E-state index contributed by atoms with van der Waals surface area (Å²) in [5.74, 6) is 0.793. The second-order valence-electron chi connectivity index (χ2n) is 4.30. The number of hydrogen-bond acceptors (Lipinski definition) is 3. The van der Waals surface area contributed by atoms with Gasteiger partial charge in [-0.3, -0.25) is 4.57 Å². The highest BCUT2D eigenvalue weighted by Crippen LogP contribution is 2.26. The van der Waals surface area contributed by atoms with Gasteiger partial charge < -0.3 is 4.42 Å². The maximum atomic E-state index is 5.40. The third-order valence-electron chi connectivity index (χ3n) is 2.94. The van der Waals surface area contributed by atoms with E-state index < -0.39 is 0 Å². The molecule has 0 aliphatic carbocycles. The molecule has 0 spiro atoms. The Bertz CT molecular complexity index is 669. The molecular weight excluding hydrogens is 256 g/mol. The quantitative estimate of drug-likeness (QED) is 0.669. The Morgan fingerprint density at radius 3 is 2.58 bits per heavy atom. The molecule has 3 nitrogen and oxygen atoms in total. The van der Waals surface area contributed by atoms with Gasteiger partial charge in [-0.05, 0) is 37.4 Å². The van der Waals surface area contributed by atoms with E-state index in [0.717, 1.165) is 22.3 Å². The molecule has 0 unspecified atom stereocenters. The van der Waals surface area contributed by atoms with Crippen molar-refractivity contribution in [1.29, 1.82) is 0 Å². The number of hydrogen-bond donors (Lipinski definition) is 0. The molecule has 0 saturated carbocycles. The largest absolute Gasteiger partial charge is 0.463 e. The minimum absolute atomic E-state index is 0.793. The molecule has 2 aromatic heterocycles. The highest BCUT2D eigenvalue weighted by Gasteiger charge is 2.11. The van der Waals surface area contributed by atoms with Gasteiger partial charge in [-0.25, -0.2) is 4.98 Å². The van der Waals surface area contributed by atoms with Crippen LogP contribution in [0, 0.1) is 6.92 Å². The first-order chi connectivity index (χ1) is 9.28. The van der Waals surface area contributed by atoms with Gasteiger partial charge in [0.25, 0.3) is 0 Å². The second kappa shape index (κ2) is 4.97. The topological polar surface area (TPSA) is 31.0 Å². The van der Waals surface area contributed by atoms with Crippen LogP contribution in [0.3, 0.4) is 0 Å². The number of aromatic nitrogens is 2. The van der Waals surface area contributed by atoms with Crippen LogP contribution in [0.5, 0.6) is 0 Å². The lowest BCUT2D eigenvalue weighted by Crippen LogP contribution is -1.93. The lowest BCUT2D eigenvalue weighted by atomic mass is 10.2. The first-order valence-electron chi connectivity index (χ1n) is 6.02. The fourth-order valence-electron chi connectivity index (χ4n) is 1.94. The predicted molar refractivity (Wildman–Crippen MR) is 77.8 cm³/mol. The molecule has 96 valence electrons. The van der Waals surface area contributed by atoms with Crippen molar-refractivity contribution in [2.24, 2.45) is 0 Å². The molecule has 3 aromatic rings. The third-order valence-corrected chi connectivity index (χ3v) is 3.60. The van der Waals surface area contributed by atoms with E-state index in [-0.39, 0.29) is 0 Å². The zero-order chi connectivity index (χ0) is 13.2. The molecule has 3 rings (SSSR count). The third kappa shape index (κ3) is 2.31. The lowest BCUT2D eigenvalue weighted by Gasteiger charge is -2.05. The van der Waals surface area contributed by atoms with Crippen molar-refractivity contribution in [3.63, 3.8) is 0 Å². The van der Waals surface area contributed by atoms with Gasteiger partial charge in [0, 0.05) is 11.9 Å². The Kier molecular flexibility index (Phi) is 3.17. The maximum absolute atomic E-state index is 5.40. The zero-order valence-corrected chi connectivity index (χ0v) is 11.6. The molecule has 1 aromatic carbocycles. The molecule has 2 heterocycles. The van der Waals surface area contributed by atoms with Crippen LogP contribution in [0.2, 0.25) is 0 Å². The monoisotopic (exact) mass is 270 g/mol. The van der Waals surface area contributed by atoms with Gasteiger partial charge in [-0.2, -0.15) is 0 Å². The summed E-state index contributed by atoms with van der Waals surface area (Å²) in [6.07, 6.45) is 5.70. The van der Waals surface area contributed by atoms with E-state index in [0.29, 0.717) is 0 Å². The van der Waals surface area contributed by atoms with Gasteiger partial charge in [0.1, 0.15) is 5.69 Å². The highest BCUT2D eigenvalue weighted by molar-refractivity contribution is 7.98. The Morgan fingerprint density at radius 1 is 1.16 bits per heavy atom. The predicted octanol–water partition coefficient (Wildman–Crippen LogP) is 4.16. The fourth-order valence-corrected chi connectivity index (χ4v) is 2.49. The molecular formula is C15H14N2OS. The van der Waals surface area contributed by atoms with Crippen LogP contribution < -0.4 is 0 Å². The van der Waals surface area contributed by atoms with E-state index in [1.807, 2.05) is 24.6 Å². The number of nitrogens with zero attached hydrogens (tertiary/aromatic N) is 2. The molecule has 4 heteroatoms. The number of imidazole rings is 1. The van der Waals surface area contributed by atoms with E-state index in [1.54, 1.807) is 18.0 Å². The number of aryl methyl sites for hydroxylation is 1. The van der Waals surface area contributed by atoms with Crippen molar-refractivity contribution in [2.75, 3.05) is 6.26 Å². The standard InChI is InChI=1S/C15H14N2OS/c1-11-5-7-12(8-6-11)17-10-13(16-15(17)19-2)14-4-3-9-18-14/h3-10H,1-2H3. The normalized spacial score (nSPS) is 10.8. The van der Waals surface area contributed by atoms with Crippen LogP contribution >= 0.6 is 11.8 Å². The summed E-state index contributed by atoms with van der Waals surface area (Å²) in [6.45, 7) is 2.08. The Balaban J connectivity index is 2.08. The molecule has 0 amide bonds. The summed E-state index contributed by atoms with van der Waals surface area (Å²) in [5.41, 5.74) is 3.22. The molecule has 0 radical (unpaired) electrons. The van der Waals surface area contributed by atoms with Crippen LogP contribution in [0.15, 0.2) is 58.4 Å². The molecule has 0 bridgehead atoms. The average molecular weight is 270 g/mol. The van der Waals surface area contributed by atoms with Crippen LogP contribution in [0.1, 0.15) is 5.56 Å². The summed E-state index contributed by atoms with van der Waals surface area (Å²) in [6, 6.07) is 12.2. The molecule has 19 heavy (non-hydrogen) atoms. The average Bonchev–Trinajstić information content (AvgIpc) is 3.08. The Morgan fingerprint density at radius 2 is 1.95 bits per heavy atom. The van der Waals surface area contributed by atoms with Gasteiger partial charge >= 0.3 is 0 Å². The summed E-state index contributed by atoms with van der Waals surface area (Å²) >= 11 is 1.62. The van der Waals surface area contributed by atoms with E-state index in [2.05, 4.69) is 40.7 Å². The van der Waals surface area contributed by atoms with Crippen LogP contribution in [0.25, 0.3) is 17.1 Å². The number of furan rings is 1. The number of thioether (sulfide) groups is 1. The van der Waals surface area contributed by atoms with Gasteiger partial charge in [0.15, 0.2) is 10.9 Å². The molecule has 0 fully saturated rings. The minimum Gasteiger partial charge on any atom is -0.463 e. The zero-order valence-electron chi connectivity index (χ0n) is 10.8. The van der Waals surface area contributed by atoms with E-state index >= 15 is 0 Å². The van der Waals surface area contributed by atoms with Gasteiger partial charge in [-0.15, -0.1) is 0 Å². The van der Waals surface area contributed by atoms with E-state index in [1.165, 1.54) is 5.56 Å². The molecule has 0 atom stereocenters. The number of rotatable bonds is 3. The smallest absolute Gasteiger partial charge is 0.173 e. The molecule has 0 saturated heterocycles. The Hall–Kier alpha value is -1.94. The van der Waals surface area contributed by atoms with Crippen molar-refractivity contribution in [2.45, 2.75) is 12.1 Å². The van der Waals surface area contributed by atoms with Gasteiger partial charge in [0.2, 0.25) is 0 Å². The summed E-state index contributed by atoms with van der Waals surface area (Å²) in [7, 11) is 0. The molecule has 0 aliphatic rings. The first kappa shape index (κ1) is 12.1. The van der Waals surface area contributed by atoms with Crippen LogP contribution in [0.4, 0.5) is 0 Å². The SMILES string of the molecule is CSc1nc(-c2ccco2)cn1-c1ccc(C)cc1. The van der Waals surface area contributed by atoms with Crippen molar-refractivity contribution in [3.8, 4) is 17.1 Å². The molecule has 0 N–H and O–H groups in total. The fraction of sp³-hybridized carbons (Fsp3) is 0.133. The summed E-state index contributed by atoms with van der Waals surface area (Å²) in [4.78, 5) is 4.60. The number of benzene rings is 1. The maximum Gasteiger partial charge on any atom is 0.173 e. The van der Waals surface area contributed by atoms with E-state index in [4.69, 9.17) is 4.42 Å². The van der Waals surface area contributed by atoms with Crippen molar-refractivity contribution >= 4 is 11.8 Å². The second-order valence-corrected chi connectivity index (χ2v) is 5.07. The van der Waals surface area contributed by atoms with E-state index in [9.17, 15) is 0 Å². The first-order valence-corrected chi connectivity index (χ1v) is 7.24. The van der Waals surface area contributed by atoms with Crippen LogP contribution in [-0.4, -0.2) is 15.8 Å². The summed E-state index contributed by atoms with van der Waals surface area (Å²) < 4.78 is 7.49. The van der Waals surface area contributed by atoms with Crippen LogP contribution in [-0.2, 0) is 0 Å². The van der Waals surface area contributed by atoms with Gasteiger partial charge in [0.05, 0.1) is 6.26 Å². The highest BCUT2D eigenvalue weighted by atomic mass is 32.2. The van der Waals surface area contributed by atoms with Crippen molar-refractivity contribution in [1.82, 2.24) is 9.55 Å².